The lowest BCUT2D eigenvalue weighted by Gasteiger charge is -2.33. The number of aromatic nitrogens is 1. The third-order valence-electron chi connectivity index (χ3n) is 3.08. The smallest absolute Gasteiger partial charge is 0.341 e. The molecule has 1 aromatic heterocycles. The van der Waals surface area contributed by atoms with E-state index in [1.165, 1.54) is 17.2 Å². The second-order valence-corrected chi connectivity index (χ2v) is 4.58. The van der Waals surface area contributed by atoms with Gasteiger partial charge in [-0.3, -0.25) is 14.9 Å². The third-order valence-corrected chi connectivity index (χ3v) is 3.08. The molecule has 2 heterocycles. The normalized spacial score (nSPS) is 18.4. The van der Waals surface area contributed by atoms with Gasteiger partial charge in [-0.05, 0) is 19.9 Å². The van der Waals surface area contributed by atoms with Crippen LogP contribution in [0.1, 0.15) is 24.2 Å². The van der Waals surface area contributed by atoms with Crippen molar-refractivity contribution in [2.45, 2.75) is 19.9 Å². The van der Waals surface area contributed by atoms with E-state index in [0.29, 0.717) is 5.69 Å². The Bertz CT molecular complexity index is 602. The van der Waals surface area contributed by atoms with Gasteiger partial charge in [0.1, 0.15) is 17.4 Å². The molecule has 0 aromatic carbocycles. The number of piperazine rings is 1. The van der Waals surface area contributed by atoms with E-state index in [1.54, 1.807) is 13.8 Å². The Kier molecular flexibility index (Phi) is 4.06. The SMILES string of the molecule is CCOC(=O)c1cc(N)cnc1N1CC(=O)NC(=O)C1C. The molecule has 1 aliphatic heterocycles. The number of nitrogens with zero attached hydrogens (tertiary/aromatic N) is 2. The first kappa shape index (κ1) is 14.8. The van der Waals surface area contributed by atoms with Crippen molar-refractivity contribution in [1.82, 2.24) is 10.3 Å². The van der Waals surface area contributed by atoms with Gasteiger partial charge >= 0.3 is 5.97 Å². The molecule has 1 unspecified atom stereocenters. The number of hydrogen-bond donors (Lipinski definition) is 2. The summed E-state index contributed by atoms with van der Waals surface area (Å²) in [5, 5.41) is 2.23. The summed E-state index contributed by atoms with van der Waals surface area (Å²) in [5.74, 6) is -1.29. The number of ether oxygens (including phenoxy) is 1. The minimum absolute atomic E-state index is 0.0732. The van der Waals surface area contributed by atoms with E-state index in [-0.39, 0.29) is 24.5 Å². The Hall–Kier alpha value is -2.64. The van der Waals surface area contributed by atoms with Crippen LogP contribution < -0.4 is 16.0 Å². The summed E-state index contributed by atoms with van der Waals surface area (Å²) in [6.45, 7) is 3.42. The van der Waals surface area contributed by atoms with Gasteiger partial charge in [-0.1, -0.05) is 0 Å². The first-order chi connectivity index (χ1) is 9.93. The van der Waals surface area contributed by atoms with Crippen molar-refractivity contribution < 1.29 is 19.1 Å². The molecule has 0 aliphatic carbocycles. The lowest BCUT2D eigenvalue weighted by molar-refractivity contribution is -0.132. The van der Waals surface area contributed by atoms with E-state index in [4.69, 9.17) is 10.5 Å². The highest BCUT2D eigenvalue weighted by Gasteiger charge is 2.33. The van der Waals surface area contributed by atoms with Crippen LogP contribution in [0.2, 0.25) is 0 Å². The first-order valence-electron chi connectivity index (χ1n) is 6.47. The summed E-state index contributed by atoms with van der Waals surface area (Å²) in [7, 11) is 0. The highest BCUT2D eigenvalue weighted by Crippen LogP contribution is 2.24. The molecule has 1 aliphatic rings. The fourth-order valence-electron chi connectivity index (χ4n) is 2.03. The molecular weight excluding hydrogens is 276 g/mol. The summed E-state index contributed by atoms with van der Waals surface area (Å²) in [4.78, 5) is 40.8. The van der Waals surface area contributed by atoms with Crippen molar-refractivity contribution in [1.29, 1.82) is 0 Å². The molecule has 2 amide bonds. The largest absolute Gasteiger partial charge is 0.462 e. The summed E-state index contributed by atoms with van der Waals surface area (Å²) >= 11 is 0. The topological polar surface area (TPSA) is 115 Å². The lowest BCUT2D eigenvalue weighted by atomic mass is 10.1. The first-order valence-corrected chi connectivity index (χ1v) is 6.47. The fourth-order valence-corrected chi connectivity index (χ4v) is 2.03. The number of carbonyl (C=O) groups excluding carboxylic acids is 3. The monoisotopic (exact) mass is 292 g/mol. The summed E-state index contributed by atoms with van der Waals surface area (Å²) in [6, 6.07) is 0.788. The molecule has 2 rings (SSSR count). The van der Waals surface area contributed by atoms with Gasteiger partial charge in [0, 0.05) is 0 Å². The van der Waals surface area contributed by atoms with E-state index in [1.807, 2.05) is 0 Å². The fraction of sp³-hybridized carbons (Fsp3) is 0.385. The van der Waals surface area contributed by atoms with Crippen LogP contribution >= 0.6 is 0 Å². The molecule has 8 heteroatoms. The maximum Gasteiger partial charge on any atom is 0.341 e. The van der Waals surface area contributed by atoms with Crippen molar-refractivity contribution in [3.05, 3.63) is 17.8 Å². The maximum absolute atomic E-state index is 12.0. The summed E-state index contributed by atoms with van der Waals surface area (Å²) < 4.78 is 4.96. The molecule has 112 valence electrons. The van der Waals surface area contributed by atoms with E-state index in [9.17, 15) is 14.4 Å². The predicted octanol–water partition coefficient (Wildman–Crippen LogP) is -0.308. The van der Waals surface area contributed by atoms with Gasteiger partial charge in [-0.25, -0.2) is 9.78 Å². The predicted molar refractivity (Wildman–Crippen MR) is 74.6 cm³/mol. The van der Waals surface area contributed by atoms with Gasteiger partial charge in [0.2, 0.25) is 11.8 Å². The number of esters is 1. The van der Waals surface area contributed by atoms with Gasteiger partial charge in [-0.15, -0.1) is 0 Å². The van der Waals surface area contributed by atoms with E-state index in [0.717, 1.165) is 0 Å². The zero-order valence-electron chi connectivity index (χ0n) is 11.8. The number of rotatable bonds is 3. The minimum atomic E-state index is -0.632. The van der Waals surface area contributed by atoms with Gasteiger partial charge in [0.15, 0.2) is 0 Å². The number of carbonyl (C=O) groups is 3. The van der Waals surface area contributed by atoms with Crippen LogP contribution in [-0.4, -0.2) is 42.0 Å². The van der Waals surface area contributed by atoms with E-state index in [2.05, 4.69) is 10.3 Å². The van der Waals surface area contributed by atoms with Gasteiger partial charge in [0.05, 0.1) is 25.0 Å². The highest BCUT2D eigenvalue weighted by molar-refractivity contribution is 6.06. The number of hydrogen-bond acceptors (Lipinski definition) is 7. The van der Waals surface area contributed by atoms with Crippen molar-refractivity contribution in [2.75, 3.05) is 23.8 Å². The Labute approximate surface area is 121 Å². The molecule has 0 bridgehead atoms. The Morgan fingerprint density at radius 3 is 2.95 bits per heavy atom. The van der Waals surface area contributed by atoms with Crippen molar-refractivity contribution >= 4 is 29.3 Å². The van der Waals surface area contributed by atoms with Crippen LogP contribution in [0.25, 0.3) is 0 Å². The van der Waals surface area contributed by atoms with Crippen molar-refractivity contribution in [3.8, 4) is 0 Å². The van der Waals surface area contributed by atoms with Gasteiger partial charge < -0.3 is 15.4 Å². The zero-order valence-corrected chi connectivity index (χ0v) is 11.8. The molecule has 1 aromatic rings. The summed E-state index contributed by atoms with van der Waals surface area (Å²) in [6.07, 6.45) is 1.36. The molecule has 0 spiro atoms. The maximum atomic E-state index is 12.0. The molecule has 1 atom stereocenters. The lowest BCUT2D eigenvalue weighted by Crippen LogP contribution is -2.57. The third kappa shape index (κ3) is 2.93. The Balaban J connectivity index is 2.44. The number of pyridine rings is 1. The Morgan fingerprint density at radius 2 is 2.29 bits per heavy atom. The standard InChI is InChI=1S/C13H16N4O4/c1-3-21-13(20)9-4-8(14)5-15-11(9)17-6-10(18)16-12(19)7(17)2/h4-5,7H,3,6,14H2,1-2H3,(H,16,18,19). The molecule has 3 N–H and O–H groups in total. The minimum Gasteiger partial charge on any atom is -0.462 e. The second kappa shape index (κ2) is 5.78. The zero-order chi connectivity index (χ0) is 15.6. The van der Waals surface area contributed by atoms with Crippen LogP contribution in [0.4, 0.5) is 11.5 Å². The van der Waals surface area contributed by atoms with Gasteiger partial charge in [0.25, 0.3) is 0 Å². The Morgan fingerprint density at radius 1 is 1.57 bits per heavy atom. The van der Waals surface area contributed by atoms with E-state index < -0.39 is 23.8 Å². The summed E-state index contributed by atoms with van der Waals surface area (Å²) in [5.41, 5.74) is 6.07. The molecule has 1 saturated heterocycles. The van der Waals surface area contributed by atoms with Crippen molar-refractivity contribution in [2.24, 2.45) is 0 Å². The number of amides is 2. The average Bonchev–Trinajstić information content (AvgIpc) is 2.43. The number of anilines is 2. The van der Waals surface area contributed by atoms with Crippen LogP contribution in [0.15, 0.2) is 12.3 Å². The molecular formula is C13H16N4O4. The van der Waals surface area contributed by atoms with Crippen LogP contribution in [0.3, 0.4) is 0 Å². The molecule has 0 radical (unpaired) electrons. The highest BCUT2D eigenvalue weighted by atomic mass is 16.5. The quantitative estimate of drug-likeness (QED) is 0.580. The van der Waals surface area contributed by atoms with Crippen LogP contribution in [0.5, 0.6) is 0 Å². The number of nitrogen functional groups attached to an aromatic ring is 1. The average molecular weight is 292 g/mol. The number of nitrogens with two attached hydrogens (primary N) is 1. The van der Waals surface area contributed by atoms with Crippen LogP contribution in [0, 0.1) is 0 Å². The molecule has 1 fully saturated rings. The number of nitrogens with one attached hydrogen (secondary N) is 1. The molecule has 8 nitrogen and oxygen atoms in total. The number of imide groups is 1. The van der Waals surface area contributed by atoms with Crippen molar-refractivity contribution in [3.63, 3.8) is 0 Å². The molecule has 21 heavy (non-hydrogen) atoms. The second-order valence-electron chi connectivity index (χ2n) is 4.58. The van der Waals surface area contributed by atoms with E-state index >= 15 is 0 Å². The van der Waals surface area contributed by atoms with Gasteiger partial charge in [-0.2, -0.15) is 0 Å². The molecule has 0 saturated carbocycles. The van der Waals surface area contributed by atoms with Crippen LogP contribution in [-0.2, 0) is 14.3 Å².